The largest absolute Gasteiger partial charge is 0.756 e. The highest BCUT2D eigenvalue weighted by Gasteiger charge is 2.21. The molecule has 1 unspecified atom stereocenters. The summed E-state index contributed by atoms with van der Waals surface area (Å²) in [6, 6.07) is 0. The van der Waals surface area contributed by atoms with Crippen LogP contribution in [0.3, 0.4) is 0 Å². The zero-order valence-electron chi connectivity index (χ0n) is 35.9. The Morgan fingerprint density at radius 2 is 1.07 bits per heavy atom. The molecule has 0 N–H and O–H groups in total. The molecule has 55 heavy (non-hydrogen) atoms. The lowest BCUT2D eigenvalue weighted by Crippen LogP contribution is -2.37. The van der Waals surface area contributed by atoms with Crippen LogP contribution in [0.15, 0.2) is 24.3 Å². The predicted octanol–water partition coefficient (Wildman–Crippen LogP) is 10.9. The molecule has 0 aromatic carbocycles. The molecule has 0 aliphatic rings. The molecular weight excluding hydrogens is 717 g/mol. The second-order valence-corrected chi connectivity index (χ2v) is 17.5. The van der Waals surface area contributed by atoms with Crippen molar-refractivity contribution >= 4 is 25.5 Å². The van der Waals surface area contributed by atoms with Gasteiger partial charge < -0.3 is 27.9 Å². The summed E-state index contributed by atoms with van der Waals surface area (Å²) in [5.41, 5.74) is 0. The minimum atomic E-state index is -4.64. The van der Waals surface area contributed by atoms with Gasteiger partial charge in [0.15, 0.2) is 11.9 Å². The van der Waals surface area contributed by atoms with Gasteiger partial charge in [0.1, 0.15) is 19.8 Å². The zero-order valence-corrected chi connectivity index (χ0v) is 36.8. The molecule has 0 spiro atoms. The highest BCUT2D eigenvalue weighted by Crippen LogP contribution is 2.38. The summed E-state index contributed by atoms with van der Waals surface area (Å²) in [6.07, 6.45) is 34.6. The molecule has 0 saturated heterocycles. The van der Waals surface area contributed by atoms with E-state index >= 15 is 0 Å². The Balaban J connectivity index is 4.41. The molecule has 0 aromatic rings. The number of phosphoric acid groups is 1. The number of phosphoric ester groups is 1. The van der Waals surface area contributed by atoms with Crippen molar-refractivity contribution in [2.24, 2.45) is 0 Å². The number of carbonyl (C=O) groups is 3. The van der Waals surface area contributed by atoms with Crippen molar-refractivity contribution in [3.63, 3.8) is 0 Å². The Kier molecular flexibility index (Phi) is 35.3. The first-order chi connectivity index (χ1) is 26.4. The highest BCUT2D eigenvalue weighted by atomic mass is 31.2. The summed E-state index contributed by atoms with van der Waals surface area (Å²) in [5.74, 6) is -0.712. The lowest BCUT2D eigenvalue weighted by molar-refractivity contribution is -0.870. The van der Waals surface area contributed by atoms with Crippen molar-refractivity contribution in [3.05, 3.63) is 24.3 Å². The SMILES string of the molecule is CCCCCCCCCCCCCCCCCC(=O)O[C@H](COC(=O)CCCCCCC/C=C\C=C\C(=O)CCCCC)COP(=O)([O-])OCC[N+](C)(C)C. The molecule has 0 aliphatic heterocycles. The Morgan fingerprint density at radius 3 is 1.62 bits per heavy atom. The van der Waals surface area contributed by atoms with Crippen molar-refractivity contribution in [2.45, 2.75) is 193 Å². The van der Waals surface area contributed by atoms with E-state index in [9.17, 15) is 23.8 Å². The Morgan fingerprint density at radius 1 is 0.600 bits per heavy atom. The molecule has 11 heteroatoms. The smallest absolute Gasteiger partial charge is 0.306 e. The number of nitrogens with zero attached hydrogens (tertiary/aromatic N) is 1. The van der Waals surface area contributed by atoms with E-state index in [1.54, 1.807) is 6.08 Å². The van der Waals surface area contributed by atoms with E-state index < -0.39 is 32.5 Å². The van der Waals surface area contributed by atoms with E-state index in [4.69, 9.17) is 18.5 Å². The van der Waals surface area contributed by atoms with E-state index in [2.05, 4.69) is 19.9 Å². The third kappa shape index (κ3) is 40.2. The summed E-state index contributed by atoms with van der Waals surface area (Å²) in [4.78, 5) is 49.2. The van der Waals surface area contributed by atoms with Gasteiger partial charge in [-0.2, -0.15) is 0 Å². The number of ketones is 1. The molecule has 0 heterocycles. The van der Waals surface area contributed by atoms with E-state index in [0.717, 1.165) is 70.6 Å². The van der Waals surface area contributed by atoms with Gasteiger partial charge in [0.25, 0.3) is 7.82 Å². The van der Waals surface area contributed by atoms with Crippen molar-refractivity contribution in [1.82, 2.24) is 0 Å². The molecule has 0 bridgehead atoms. The van der Waals surface area contributed by atoms with Gasteiger partial charge in [-0.1, -0.05) is 154 Å². The van der Waals surface area contributed by atoms with E-state index in [0.29, 0.717) is 30.3 Å². The highest BCUT2D eigenvalue weighted by molar-refractivity contribution is 7.45. The number of allylic oxidation sites excluding steroid dienone is 4. The van der Waals surface area contributed by atoms with Crippen LogP contribution in [0, 0.1) is 0 Å². The summed E-state index contributed by atoms with van der Waals surface area (Å²) in [5, 5.41) is 0. The van der Waals surface area contributed by atoms with Crippen LogP contribution >= 0.6 is 7.82 Å². The van der Waals surface area contributed by atoms with Gasteiger partial charge in [-0.3, -0.25) is 18.9 Å². The Bertz CT molecular complexity index is 1060. The molecule has 2 atom stereocenters. The van der Waals surface area contributed by atoms with Crippen LogP contribution in [0.2, 0.25) is 0 Å². The average Bonchev–Trinajstić information content (AvgIpc) is 3.12. The predicted molar refractivity (Wildman–Crippen MR) is 223 cm³/mol. The van der Waals surface area contributed by atoms with Crippen LogP contribution in [-0.2, 0) is 37.5 Å². The number of carbonyl (C=O) groups excluding carboxylic acids is 3. The molecule has 322 valence electrons. The number of likely N-dealkylation sites (N-methyl/N-ethyl adjacent to an activating group) is 1. The fourth-order valence-electron chi connectivity index (χ4n) is 5.93. The monoisotopic (exact) mass is 800 g/mol. The van der Waals surface area contributed by atoms with Gasteiger partial charge in [0.05, 0.1) is 27.7 Å². The Labute approximate surface area is 336 Å². The number of hydrogen-bond acceptors (Lipinski definition) is 9. The summed E-state index contributed by atoms with van der Waals surface area (Å²) >= 11 is 0. The molecule has 10 nitrogen and oxygen atoms in total. The molecule has 0 amide bonds. The average molecular weight is 800 g/mol. The summed E-state index contributed by atoms with van der Waals surface area (Å²) in [6.45, 7) is 4.03. The first-order valence-corrected chi connectivity index (χ1v) is 23.5. The third-order valence-corrected chi connectivity index (χ3v) is 10.4. The number of quaternary nitrogens is 1. The standard InChI is InChI=1S/C44H82NO9P/c1-6-8-10-11-12-13-14-15-16-17-18-21-25-28-32-36-44(48)54-42(40-53-55(49,50)52-38-37-45(3,4)5)39-51-43(47)35-31-27-24-22-19-20-23-26-30-34-41(46)33-29-9-7-2/h23,26,30,34,42H,6-22,24-25,27-29,31-33,35-40H2,1-5H3/b26-23-,34-30+/t42-/m1/s1. The summed E-state index contributed by atoms with van der Waals surface area (Å²) in [7, 11) is 1.12. The van der Waals surface area contributed by atoms with Crippen LogP contribution in [0.25, 0.3) is 0 Å². The molecule has 0 aromatic heterocycles. The normalized spacial score (nSPS) is 13.7. The number of rotatable bonds is 40. The Hall–Kier alpha value is -1.84. The second kappa shape index (κ2) is 36.5. The fraction of sp³-hybridized carbons (Fsp3) is 0.841. The first kappa shape index (κ1) is 53.2. The van der Waals surface area contributed by atoms with Crippen molar-refractivity contribution in [1.29, 1.82) is 0 Å². The topological polar surface area (TPSA) is 128 Å². The zero-order chi connectivity index (χ0) is 40.9. The van der Waals surface area contributed by atoms with Gasteiger partial charge in [0.2, 0.25) is 0 Å². The van der Waals surface area contributed by atoms with Crippen molar-refractivity contribution in [3.8, 4) is 0 Å². The van der Waals surface area contributed by atoms with Crippen molar-refractivity contribution < 1.29 is 46.8 Å². The van der Waals surface area contributed by atoms with Crippen LogP contribution in [-0.4, -0.2) is 75.8 Å². The fourth-order valence-corrected chi connectivity index (χ4v) is 6.66. The molecule has 0 fully saturated rings. The molecular formula is C44H82NO9P. The lowest BCUT2D eigenvalue weighted by atomic mass is 10.0. The molecule has 0 radical (unpaired) electrons. The van der Waals surface area contributed by atoms with E-state index in [1.165, 1.54) is 70.6 Å². The molecule has 0 rings (SSSR count). The van der Waals surface area contributed by atoms with Gasteiger partial charge in [-0.25, -0.2) is 0 Å². The van der Waals surface area contributed by atoms with Crippen LogP contribution in [0.1, 0.15) is 187 Å². The van der Waals surface area contributed by atoms with Crippen LogP contribution in [0.5, 0.6) is 0 Å². The lowest BCUT2D eigenvalue weighted by Gasteiger charge is -2.28. The third-order valence-electron chi connectivity index (χ3n) is 9.45. The van der Waals surface area contributed by atoms with Crippen molar-refractivity contribution in [2.75, 3.05) is 47.5 Å². The number of esters is 2. The quantitative estimate of drug-likeness (QED) is 0.0148. The van der Waals surface area contributed by atoms with Gasteiger partial charge in [0, 0.05) is 19.3 Å². The number of unbranched alkanes of at least 4 members (excludes halogenated alkanes) is 21. The second-order valence-electron chi connectivity index (χ2n) is 16.1. The van der Waals surface area contributed by atoms with E-state index in [1.807, 2.05) is 33.3 Å². The van der Waals surface area contributed by atoms with Gasteiger partial charge in [-0.05, 0) is 38.2 Å². The maximum Gasteiger partial charge on any atom is 0.306 e. The van der Waals surface area contributed by atoms with E-state index in [-0.39, 0.29) is 31.8 Å². The molecule has 0 aliphatic carbocycles. The number of ether oxygens (including phenoxy) is 2. The summed E-state index contributed by atoms with van der Waals surface area (Å²) < 4.78 is 33.8. The van der Waals surface area contributed by atoms with Gasteiger partial charge in [-0.15, -0.1) is 0 Å². The number of hydrogen-bond donors (Lipinski definition) is 0. The van der Waals surface area contributed by atoms with Crippen LogP contribution in [0.4, 0.5) is 0 Å². The minimum absolute atomic E-state index is 0.0433. The molecule has 0 saturated carbocycles. The maximum atomic E-state index is 12.7. The maximum absolute atomic E-state index is 12.7. The van der Waals surface area contributed by atoms with Gasteiger partial charge >= 0.3 is 11.9 Å². The minimum Gasteiger partial charge on any atom is -0.756 e. The first-order valence-electron chi connectivity index (χ1n) is 22.0. The van der Waals surface area contributed by atoms with Crippen LogP contribution < -0.4 is 4.89 Å².